The minimum Gasteiger partial charge on any atom is -0.491 e. The van der Waals surface area contributed by atoms with Crippen LogP contribution in [0.25, 0.3) is 0 Å². The second-order valence-electron chi connectivity index (χ2n) is 5.90. The van der Waals surface area contributed by atoms with Crippen molar-refractivity contribution in [2.45, 2.75) is 12.3 Å². The van der Waals surface area contributed by atoms with Crippen molar-refractivity contribution in [3.8, 4) is 5.75 Å². The highest BCUT2D eigenvalue weighted by Gasteiger charge is 2.41. The first kappa shape index (κ1) is 19.5. The predicted molar refractivity (Wildman–Crippen MR) is 96.6 cm³/mol. The lowest BCUT2D eigenvalue weighted by Crippen LogP contribution is -2.47. The van der Waals surface area contributed by atoms with E-state index in [9.17, 15) is 18.0 Å². The van der Waals surface area contributed by atoms with Crippen LogP contribution in [0.4, 0.5) is 18.9 Å². The number of carbonyl (C=O) groups is 1. The molecule has 2 aromatic carbocycles. The number of rotatable bonds is 5. The van der Waals surface area contributed by atoms with Crippen LogP contribution in [0.1, 0.15) is 22.1 Å². The van der Waals surface area contributed by atoms with Crippen LogP contribution in [0.3, 0.4) is 0 Å². The number of aliphatic hydroxyl groups is 1. The molecule has 2 aromatic rings. The highest BCUT2D eigenvalue weighted by atomic mass is 79.9. The van der Waals surface area contributed by atoms with Gasteiger partial charge in [-0.25, -0.2) is 0 Å². The Labute approximate surface area is 161 Å². The number of benzene rings is 2. The number of para-hydroxylation sites is 1. The molecule has 0 fully saturated rings. The van der Waals surface area contributed by atoms with Gasteiger partial charge in [0.15, 0.2) is 0 Å². The van der Waals surface area contributed by atoms with Gasteiger partial charge in [0.05, 0.1) is 12.2 Å². The fourth-order valence-electron chi connectivity index (χ4n) is 2.88. The molecule has 0 radical (unpaired) electrons. The van der Waals surface area contributed by atoms with Gasteiger partial charge < -0.3 is 20.1 Å². The number of amides is 1. The molecule has 5 nitrogen and oxygen atoms in total. The zero-order valence-electron chi connectivity index (χ0n) is 14.0. The second kappa shape index (κ2) is 7.77. The third-order valence-corrected chi connectivity index (χ3v) is 4.69. The maximum Gasteiger partial charge on any atom is 0.406 e. The number of aliphatic hydroxyl groups excluding tert-OH is 1. The summed E-state index contributed by atoms with van der Waals surface area (Å²) in [4.78, 5) is 13.5. The van der Waals surface area contributed by atoms with Crippen molar-refractivity contribution in [3.05, 3.63) is 58.1 Å². The number of nitrogens with zero attached hydrogens (tertiary/aromatic N) is 1. The van der Waals surface area contributed by atoms with Crippen molar-refractivity contribution in [2.24, 2.45) is 0 Å². The molecular formula is C18H16BrF3N2O3. The maximum atomic E-state index is 13.1. The Kier molecular flexibility index (Phi) is 5.61. The van der Waals surface area contributed by atoms with Crippen LogP contribution < -0.4 is 10.1 Å². The number of alkyl halides is 3. The largest absolute Gasteiger partial charge is 0.491 e. The first-order valence-electron chi connectivity index (χ1n) is 8.06. The van der Waals surface area contributed by atoms with Crippen LogP contribution >= 0.6 is 15.9 Å². The van der Waals surface area contributed by atoms with Gasteiger partial charge in [-0.05, 0) is 24.3 Å². The van der Waals surface area contributed by atoms with E-state index in [0.29, 0.717) is 21.5 Å². The Bertz CT molecular complexity index is 845. The fourth-order valence-corrected chi connectivity index (χ4v) is 3.45. The number of hydrogen-bond donors (Lipinski definition) is 2. The summed E-state index contributed by atoms with van der Waals surface area (Å²) in [5.74, 6) is -0.247. The Morgan fingerprint density at radius 3 is 2.63 bits per heavy atom. The van der Waals surface area contributed by atoms with Gasteiger partial charge in [0, 0.05) is 15.7 Å². The topological polar surface area (TPSA) is 61.8 Å². The second-order valence-corrected chi connectivity index (χ2v) is 6.75. The van der Waals surface area contributed by atoms with Crippen LogP contribution in [0, 0.1) is 0 Å². The molecular weight excluding hydrogens is 429 g/mol. The molecule has 2 N–H and O–H groups in total. The summed E-state index contributed by atoms with van der Waals surface area (Å²) < 4.78 is 45.1. The molecule has 0 aliphatic carbocycles. The molecule has 1 aliphatic heterocycles. The quantitative estimate of drug-likeness (QED) is 0.732. The van der Waals surface area contributed by atoms with Gasteiger partial charge >= 0.3 is 6.18 Å². The number of ether oxygens (including phenoxy) is 1. The molecule has 1 atom stereocenters. The smallest absolute Gasteiger partial charge is 0.406 e. The number of nitrogens with one attached hydrogen (secondary N) is 1. The van der Waals surface area contributed by atoms with E-state index in [1.165, 1.54) is 6.07 Å². The molecule has 0 saturated carbocycles. The van der Waals surface area contributed by atoms with Crippen LogP contribution in [-0.2, 0) is 0 Å². The number of anilines is 1. The molecule has 0 bridgehead atoms. The fraction of sp³-hybridized carbons (Fsp3) is 0.278. The lowest BCUT2D eigenvalue weighted by Gasteiger charge is -2.38. The molecule has 9 heteroatoms. The van der Waals surface area contributed by atoms with E-state index in [0.717, 1.165) is 4.90 Å². The van der Waals surface area contributed by atoms with Gasteiger partial charge in [0.25, 0.3) is 5.91 Å². The third-order valence-electron chi connectivity index (χ3n) is 4.00. The summed E-state index contributed by atoms with van der Waals surface area (Å²) in [6, 6.07) is 11.2. The molecule has 27 heavy (non-hydrogen) atoms. The Balaban J connectivity index is 1.99. The van der Waals surface area contributed by atoms with E-state index < -0.39 is 24.8 Å². The van der Waals surface area contributed by atoms with Crippen LogP contribution in [0.2, 0.25) is 0 Å². The molecule has 1 aliphatic rings. The zero-order chi connectivity index (χ0) is 19.6. The Hall–Kier alpha value is -2.26. The summed E-state index contributed by atoms with van der Waals surface area (Å²) in [5.41, 5.74) is 1.12. The monoisotopic (exact) mass is 444 g/mol. The Morgan fingerprint density at radius 1 is 1.22 bits per heavy atom. The summed E-state index contributed by atoms with van der Waals surface area (Å²) in [6.45, 7) is -1.44. The van der Waals surface area contributed by atoms with E-state index in [-0.39, 0.29) is 18.8 Å². The lowest BCUT2D eigenvalue weighted by atomic mass is 10.0. The first-order valence-corrected chi connectivity index (χ1v) is 8.86. The van der Waals surface area contributed by atoms with E-state index in [1.54, 1.807) is 36.4 Å². The van der Waals surface area contributed by atoms with E-state index in [1.807, 2.05) is 0 Å². The highest BCUT2D eigenvalue weighted by molar-refractivity contribution is 9.10. The molecule has 3 rings (SSSR count). The normalized spacial score (nSPS) is 16.7. The van der Waals surface area contributed by atoms with Crippen molar-refractivity contribution in [1.29, 1.82) is 0 Å². The molecule has 0 saturated heterocycles. The van der Waals surface area contributed by atoms with Crippen molar-refractivity contribution in [1.82, 2.24) is 4.90 Å². The van der Waals surface area contributed by atoms with Crippen LogP contribution in [0.5, 0.6) is 5.75 Å². The minimum atomic E-state index is -4.54. The zero-order valence-corrected chi connectivity index (χ0v) is 15.5. The third kappa shape index (κ3) is 4.36. The van der Waals surface area contributed by atoms with Crippen molar-refractivity contribution >= 4 is 27.5 Å². The van der Waals surface area contributed by atoms with Crippen molar-refractivity contribution in [3.63, 3.8) is 0 Å². The number of hydrogen-bond acceptors (Lipinski definition) is 4. The number of carbonyl (C=O) groups excluding carboxylic acids is 1. The van der Waals surface area contributed by atoms with Crippen molar-refractivity contribution in [2.75, 3.05) is 25.1 Å². The van der Waals surface area contributed by atoms with Gasteiger partial charge in [0.2, 0.25) is 0 Å². The Morgan fingerprint density at radius 2 is 1.96 bits per heavy atom. The molecule has 1 amide bonds. The van der Waals surface area contributed by atoms with Crippen molar-refractivity contribution < 1.29 is 27.8 Å². The van der Waals surface area contributed by atoms with Crippen LogP contribution in [-0.4, -0.2) is 41.8 Å². The van der Waals surface area contributed by atoms with Gasteiger partial charge in [-0.2, -0.15) is 13.2 Å². The summed E-state index contributed by atoms with van der Waals surface area (Å²) in [5, 5.41) is 11.8. The first-order chi connectivity index (χ1) is 12.8. The average molecular weight is 445 g/mol. The lowest BCUT2D eigenvalue weighted by molar-refractivity contribution is -0.144. The molecule has 1 unspecified atom stereocenters. The highest BCUT2D eigenvalue weighted by Crippen LogP contribution is 2.38. The SMILES string of the molecule is O=C1c2ccccc2NC(c2ccc(OCCO)cc2Br)N1CC(F)(F)F. The van der Waals surface area contributed by atoms with Gasteiger partial charge in [0.1, 0.15) is 25.1 Å². The minimum absolute atomic E-state index is 0.0968. The predicted octanol–water partition coefficient (Wildman–Crippen LogP) is 3.95. The van der Waals surface area contributed by atoms with E-state index in [4.69, 9.17) is 9.84 Å². The molecule has 1 heterocycles. The van der Waals surface area contributed by atoms with Gasteiger partial charge in [-0.3, -0.25) is 4.79 Å². The van der Waals surface area contributed by atoms with E-state index in [2.05, 4.69) is 21.2 Å². The van der Waals surface area contributed by atoms with Gasteiger partial charge in [-0.1, -0.05) is 34.1 Å². The maximum absolute atomic E-state index is 13.1. The average Bonchev–Trinajstić information content (AvgIpc) is 2.61. The van der Waals surface area contributed by atoms with Gasteiger partial charge in [-0.15, -0.1) is 0 Å². The molecule has 0 aromatic heterocycles. The summed E-state index contributed by atoms with van der Waals surface area (Å²) >= 11 is 3.34. The number of fused-ring (bicyclic) bond motifs is 1. The summed E-state index contributed by atoms with van der Waals surface area (Å²) in [6.07, 6.45) is -5.55. The van der Waals surface area contributed by atoms with Crippen LogP contribution in [0.15, 0.2) is 46.9 Å². The standard InChI is InChI=1S/C18H16BrF3N2O3/c19-14-9-11(27-8-7-25)5-6-12(14)16-23-15-4-2-1-3-13(15)17(26)24(16)10-18(20,21)22/h1-6,9,16,23,25H,7-8,10H2. The molecule has 144 valence electrons. The molecule has 0 spiro atoms. The van der Waals surface area contributed by atoms with E-state index >= 15 is 0 Å². The number of halogens is 4. The summed E-state index contributed by atoms with van der Waals surface area (Å²) in [7, 11) is 0.